The molecule has 0 saturated heterocycles. The molecule has 1 aromatic heterocycles. The van der Waals surface area contributed by atoms with Crippen LogP contribution < -0.4 is 0 Å². The van der Waals surface area contributed by atoms with Gasteiger partial charge in [0, 0.05) is 0 Å². The van der Waals surface area contributed by atoms with E-state index in [4.69, 9.17) is 0 Å². The van der Waals surface area contributed by atoms with Crippen molar-refractivity contribution in [1.29, 1.82) is 0 Å². The molecule has 0 aliphatic rings. The molecule has 1 aromatic rings. The van der Waals surface area contributed by atoms with Gasteiger partial charge in [-0.1, -0.05) is 0 Å². The Labute approximate surface area is 109 Å². The van der Waals surface area contributed by atoms with E-state index in [-0.39, 0.29) is 20.4 Å². The van der Waals surface area contributed by atoms with E-state index in [2.05, 4.69) is 30.9 Å². The molecule has 88 valence electrons. The summed E-state index contributed by atoms with van der Waals surface area (Å²) in [5.74, 6) is 6.11. The quantitative estimate of drug-likeness (QED) is 0.664. The second-order valence-corrected chi connectivity index (χ2v) is 7.58. The van der Waals surface area contributed by atoms with Crippen molar-refractivity contribution >= 4 is 20.4 Å². The minimum absolute atomic E-state index is 0.207. The molecule has 0 aliphatic carbocycles. The second kappa shape index (κ2) is 6.51. The van der Waals surface area contributed by atoms with Gasteiger partial charge in [-0.25, -0.2) is 0 Å². The van der Waals surface area contributed by atoms with E-state index in [1.54, 1.807) is 10.5 Å². The van der Waals surface area contributed by atoms with Crippen molar-refractivity contribution < 1.29 is 5.11 Å². The summed E-state index contributed by atoms with van der Waals surface area (Å²) in [6.07, 6.45) is 4.47. The second-order valence-electron chi connectivity index (χ2n) is 4.25. The van der Waals surface area contributed by atoms with Gasteiger partial charge in [-0.2, -0.15) is 0 Å². The van der Waals surface area contributed by atoms with Crippen LogP contribution in [0, 0.1) is 11.8 Å². The van der Waals surface area contributed by atoms with Crippen molar-refractivity contribution in [3.63, 3.8) is 0 Å². The van der Waals surface area contributed by atoms with Gasteiger partial charge in [0.15, 0.2) is 0 Å². The van der Waals surface area contributed by atoms with E-state index < -0.39 is 5.60 Å². The summed E-state index contributed by atoms with van der Waals surface area (Å²) in [4.78, 5) is 0. The first kappa shape index (κ1) is 13.9. The van der Waals surface area contributed by atoms with Crippen LogP contribution in [-0.2, 0) is 6.42 Å². The van der Waals surface area contributed by atoms with Crippen LogP contribution in [0.25, 0.3) is 0 Å². The average molecular weight is 332 g/mol. The van der Waals surface area contributed by atoms with Crippen molar-refractivity contribution in [2.24, 2.45) is 0 Å². The van der Waals surface area contributed by atoms with Crippen LogP contribution in [-0.4, -0.2) is 31.1 Å². The molecule has 0 bridgehead atoms. The van der Waals surface area contributed by atoms with Crippen molar-refractivity contribution in [2.75, 3.05) is 0 Å². The molecule has 1 atom stereocenters. The third-order valence-corrected chi connectivity index (χ3v) is 5.61. The summed E-state index contributed by atoms with van der Waals surface area (Å²) < 4.78 is 2.87. The predicted molar refractivity (Wildman–Crippen MR) is 69.8 cm³/mol. The van der Waals surface area contributed by atoms with Gasteiger partial charge in [0.05, 0.1) is 0 Å². The topological polar surface area (TPSA) is 20.2 Å². The summed E-state index contributed by atoms with van der Waals surface area (Å²) in [5, 5.41) is 9.79. The zero-order valence-electron chi connectivity index (χ0n) is 10.3. The molecule has 0 amide bonds. The first-order valence-electron chi connectivity index (χ1n) is 5.91. The Kier molecular flexibility index (Phi) is 5.63. The Bertz CT molecular complexity index is 379. The summed E-state index contributed by atoms with van der Waals surface area (Å²) in [6.45, 7) is 5.96. The Hall–Kier alpha value is -0.210. The minimum atomic E-state index is -0.819. The third kappa shape index (κ3) is 4.75. The van der Waals surface area contributed by atoms with Crippen LogP contribution in [0.2, 0.25) is 0 Å². The number of rotatable bonds is 4. The molecule has 1 N–H and O–H groups in total. The van der Waals surface area contributed by atoms with E-state index in [0.29, 0.717) is 6.42 Å². The fraction of sp³-hybridized carbons (Fsp3) is 0.571. The van der Waals surface area contributed by atoms with Gasteiger partial charge in [0.25, 0.3) is 0 Å². The van der Waals surface area contributed by atoms with Gasteiger partial charge in [-0.3, -0.25) is 0 Å². The fourth-order valence-electron chi connectivity index (χ4n) is 1.22. The first-order chi connectivity index (χ1) is 7.57. The maximum absolute atomic E-state index is 9.79. The Morgan fingerprint density at radius 1 is 1.38 bits per heavy atom. The zero-order valence-corrected chi connectivity index (χ0v) is 12.7. The van der Waals surface area contributed by atoms with Gasteiger partial charge in [-0.15, -0.1) is 0 Å². The standard InChI is InChI=1S/C14H20OTe/c1-4-6-7-12-8-9-13(16-12)10-11-14(3,15)5-2/h8-9,15H,4-7H2,1-3H3. The Balaban J connectivity index is 2.64. The number of aliphatic hydroxyl groups is 1. The fourth-order valence-corrected chi connectivity index (χ4v) is 3.79. The van der Waals surface area contributed by atoms with E-state index in [1.165, 1.54) is 22.8 Å². The van der Waals surface area contributed by atoms with Crippen molar-refractivity contribution in [3.8, 4) is 11.8 Å². The number of hydrogen-bond acceptors (Lipinski definition) is 1. The van der Waals surface area contributed by atoms with Crippen molar-refractivity contribution in [1.82, 2.24) is 0 Å². The first-order valence-corrected chi connectivity index (χ1v) is 8.24. The molecule has 1 rings (SSSR count). The van der Waals surface area contributed by atoms with Crippen LogP contribution in [0.3, 0.4) is 0 Å². The third-order valence-electron chi connectivity index (χ3n) is 2.58. The molecule has 16 heavy (non-hydrogen) atoms. The van der Waals surface area contributed by atoms with Gasteiger partial charge in [-0.05, 0) is 0 Å². The Morgan fingerprint density at radius 2 is 2.12 bits per heavy atom. The van der Waals surface area contributed by atoms with E-state index in [0.717, 1.165) is 0 Å². The van der Waals surface area contributed by atoms with Crippen LogP contribution in [0.1, 0.15) is 47.2 Å². The van der Waals surface area contributed by atoms with Gasteiger partial charge in [0.1, 0.15) is 0 Å². The molecular formula is C14H20OTe. The molecule has 0 radical (unpaired) electrons. The molecular weight excluding hydrogens is 312 g/mol. The van der Waals surface area contributed by atoms with Crippen molar-refractivity contribution in [2.45, 2.75) is 52.1 Å². The zero-order chi connectivity index (χ0) is 12.0. The molecule has 1 nitrogen and oxygen atoms in total. The van der Waals surface area contributed by atoms with Crippen LogP contribution in [0.4, 0.5) is 0 Å². The number of unbranched alkanes of at least 4 members (excludes halogenated alkanes) is 1. The monoisotopic (exact) mass is 334 g/mol. The van der Waals surface area contributed by atoms with Crippen LogP contribution in [0.5, 0.6) is 0 Å². The normalized spacial score (nSPS) is 14.0. The summed E-state index contributed by atoms with van der Waals surface area (Å²) >= 11 is -0.207. The van der Waals surface area contributed by atoms with E-state index >= 15 is 0 Å². The molecule has 0 fully saturated rings. The van der Waals surface area contributed by atoms with Crippen LogP contribution in [0.15, 0.2) is 12.1 Å². The average Bonchev–Trinajstić information content (AvgIpc) is 2.72. The maximum atomic E-state index is 9.79. The molecule has 0 aliphatic heterocycles. The van der Waals surface area contributed by atoms with E-state index in [9.17, 15) is 5.11 Å². The van der Waals surface area contributed by atoms with Crippen molar-refractivity contribution in [3.05, 3.63) is 19.3 Å². The van der Waals surface area contributed by atoms with Gasteiger partial charge >= 0.3 is 109 Å². The molecule has 1 unspecified atom stereocenters. The molecule has 2 heteroatoms. The van der Waals surface area contributed by atoms with E-state index in [1.807, 2.05) is 6.92 Å². The molecule has 1 heterocycles. The molecule has 0 saturated carbocycles. The number of hydrogen-bond donors (Lipinski definition) is 1. The molecule has 0 spiro atoms. The molecule has 0 aromatic carbocycles. The summed E-state index contributed by atoms with van der Waals surface area (Å²) in [5.41, 5.74) is -0.819. The summed E-state index contributed by atoms with van der Waals surface area (Å²) in [6, 6.07) is 4.38. The van der Waals surface area contributed by atoms with Gasteiger partial charge in [0.2, 0.25) is 0 Å². The number of aryl methyl sites for hydroxylation is 1. The summed E-state index contributed by atoms with van der Waals surface area (Å²) in [7, 11) is 0. The van der Waals surface area contributed by atoms with Crippen LogP contribution >= 0.6 is 0 Å². The van der Waals surface area contributed by atoms with Gasteiger partial charge < -0.3 is 0 Å². The SMILES string of the molecule is CCCCc1ccc(C#CC(C)(O)CC)[te]1. The Morgan fingerprint density at radius 3 is 2.75 bits per heavy atom. The predicted octanol–water partition coefficient (Wildman–Crippen LogP) is 2.60.